The Balaban J connectivity index is 2.32. The number of hydrogen-bond acceptors (Lipinski definition) is 5. The fourth-order valence-corrected chi connectivity index (χ4v) is 2.06. The lowest BCUT2D eigenvalue weighted by molar-refractivity contribution is 0.628. The van der Waals surface area contributed by atoms with Gasteiger partial charge in [-0.3, -0.25) is 0 Å². The fraction of sp³-hybridized carbons (Fsp3) is 0.0769. The molecule has 0 aliphatic carbocycles. The zero-order valence-corrected chi connectivity index (χ0v) is 10.5. The summed E-state index contributed by atoms with van der Waals surface area (Å²) in [5.41, 5.74) is 8.44. The molecule has 0 saturated heterocycles. The van der Waals surface area contributed by atoms with E-state index in [9.17, 15) is 4.39 Å². The predicted octanol–water partition coefficient (Wildman–Crippen LogP) is 1.69. The zero-order chi connectivity index (χ0) is 14.3. The summed E-state index contributed by atoms with van der Waals surface area (Å²) in [6, 6.07) is 7.84. The van der Waals surface area contributed by atoms with Crippen LogP contribution in [0.3, 0.4) is 0 Å². The first kappa shape index (κ1) is 12.0. The van der Waals surface area contributed by atoms with Crippen molar-refractivity contribution in [2.24, 2.45) is 0 Å². The molecule has 7 heteroatoms. The first-order chi connectivity index (χ1) is 9.61. The van der Waals surface area contributed by atoms with Gasteiger partial charge in [0.25, 0.3) is 0 Å². The van der Waals surface area contributed by atoms with Gasteiger partial charge in [-0.15, -0.1) is 10.2 Å². The molecule has 2 aromatic heterocycles. The summed E-state index contributed by atoms with van der Waals surface area (Å²) in [6.07, 6.45) is 0. The lowest BCUT2D eigenvalue weighted by Gasteiger charge is -2.01. The van der Waals surface area contributed by atoms with Crippen molar-refractivity contribution in [2.45, 2.75) is 6.92 Å². The molecule has 3 aromatic rings. The highest BCUT2D eigenvalue weighted by atomic mass is 19.1. The predicted molar refractivity (Wildman–Crippen MR) is 70.0 cm³/mol. The third-order valence-corrected chi connectivity index (χ3v) is 2.99. The minimum absolute atomic E-state index is 0.0191. The highest BCUT2D eigenvalue weighted by Crippen LogP contribution is 2.28. The number of fused-ring (bicyclic) bond motifs is 1. The number of nitrogen functional groups attached to an aromatic ring is 1. The molecule has 3 rings (SSSR count). The minimum atomic E-state index is -0.319. The van der Waals surface area contributed by atoms with Gasteiger partial charge in [-0.05, 0) is 24.6 Å². The monoisotopic (exact) mass is 268 g/mol. The van der Waals surface area contributed by atoms with E-state index in [0.29, 0.717) is 16.9 Å². The van der Waals surface area contributed by atoms with Crippen LogP contribution in [0.15, 0.2) is 24.3 Å². The molecule has 0 spiro atoms. The van der Waals surface area contributed by atoms with Gasteiger partial charge >= 0.3 is 0 Å². The Morgan fingerprint density at radius 1 is 1.25 bits per heavy atom. The van der Waals surface area contributed by atoms with Crippen LogP contribution in [-0.2, 0) is 0 Å². The molecule has 0 fully saturated rings. The molecule has 1 aromatic carbocycles. The maximum absolute atomic E-state index is 13.0. The quantitative estimate of drug-likeness (QED) is 0.725. The average molecular weight is 268 g/mol. The molecular weight excluding hydrogens is 259 g/mol. The summed E-state index contributed by atoms with van der Waals surface area (Å²) in [5, 5.41) is 20.9. The van der Waals surface area contributed by atoms with Gasteiger partial charge in [0.15, 0.2) is 11.5 Å². The van der Waals surface area contributed by atoms with Crippen molar-refractivity contribution in [1.82, 2.24) is 19.8 Å². The molecule has 0 bridgehead atoms. The van der Waals surface area contributed by atoms with E-state index in [4.69, 9.17) is 11.0 Å². The van der Waals surface area contributed by atoms with Crippen molar-refractivity contribution >= 4 is 11.5 Å². The molecule has 0 radical (unpaired) electrons. The molecular formula is C13H9FN6. The summed E-state index contributed by atoms with van der Waals surface area (Å²) in [7, 11) is 0. The molecule has 0 unspecified atom stereocenters. The maximum Gasteiger partial charge on any atom is 0.205 e. The molecule has 0 saturated carbocycles. The molecule has 6 nitrogen and oxygen atoms in total. The lowest BCUT2D eigenvalue weighted by Crippen LogP contribution is -2.06. The van der Waals surface area contributed by atoms with Crippen molar-refractivity contribution in [3.8, 4) is 17.2 Å². The summed E-state index contributed by atoms with van der Waals surface area (Å²) in [4.78, 5) is 0. The van der Waals surface area contributed by atoms with Gasteiger partial charge in [-0.25, -0.2) is 4.39 Å². The maximum atomic E-state index is 13.0. The number of nitrogens with two attached hydrogens (primary N) is 1. The number of anilines is 1. The van der Waals surface area contributed by atoms with E-state index in [-0.39, 0.29) is 17.3 Å². The number of benzene rings is 1. The summed E-state index contributed by atoms with van der Waals surface area (Å²) in [6.45, 7) is 1.79. The van der Waals surface area contributed by atoms with Crippen LogP contribution in [0.4, 0.5) is 10.2 Å². The second-order valence-corrected chi connectivity index (χ2v) is 4.25. The van der Waals surface area contributed by atoms with E-state index >= 15 is 0 Å². The van der Waals surface area contributed by atoms with E-state index in [1.807, 2.05) is 6.07 Å². The molecule has 0 aliphatic rings. The SMILES string of the molecule is Cc1nn2c(N)c(C#N)nnc2c1-c1ccc(F)cc1. The van der Waals surface area contributed by atoms with E-state index in [0.717, 1.165) is 5.56 Å². The van der Waals surface area contributed by atoms with Gasteiger partial charge in [-0.2, -0.15) is 14.9 Å². The van der Waals surface area contributed by atoms with Gasteiger partial charge in [0.05, 0.1) is 11.3 Å². The first-order valence-corrected chi connectivity index (χ1v) is 5.79. The largest absolute Gasteiger partial charge is 0.381 e. The average Bonchev–Trinajstić information content (AvgIpc) is 2.78. The number of rotatable bonds is 1. The fourth-order valence-electron chi connectivity index (χ4n) is 2.06. The molecule has 20 heavy (non-hydrogen) atoms. The molecule has 0 aliphatic heterocycles. The number of halogens is 1. The minimum Gasteiger partial charge on any atom is -0.381 e. The standard InChI is InChI=1S/C13H9FN6/c1-7-11(8-2-4-9(14)5-3-8)13-18-17-10(6-15)12(16)20(13)19-7/h2-5H,16H2,1H3. The van der Waals surface area contributed by atoms with Gasteiger partial charge in [-0.1, -0.05) is 12.1 Å². The zero-order valence-electron chi connectivity index (χ0n) is 10.5. The Morgan fingerprint density at radius 3 is 2.60 bits per heavy atom. The Labute approximate surface area is 113 Å². The highest BCUT2D eigenvalue weighted by molar-refractivity contribution is 5.80. The summed E-state index contributed by atoms with van der Waals surface area (Å²) < 4.78 is 14.4. The molecule has 0 atom stereocenters. The van der Waals surface area contributed by atoms with E-state index in [1.54, 1.807) is 19.1 Å². The second kappa shape index (κ2) is 4.28. The third kappa shape index (κ3) is 1.66. The van der Waals surface area contributed by atoms with Gasteiger partial charge in [0.2, 0.25) is 5.69 Å². The second-order valence-electron chi connectivity index (χ2n) is 4.25. The van der Waals surface area contributed by atoms with Crippen LogP contribution in [-0.4, -0.2) is 19.8 Å². The van der Waals surface area contributed by atoms with Crippen molar-refractivity contribution in [2.75, 3.05) is 5.73 Å². The normalized spacial score (nSPS) is 10.7. The van der Waals surface area contributed by atoms with Crippen molar-refractivity contribution in [3.63, 3.8) is 0 Å². The van der Waals surface area contributed by atoms with E-state index in [2.05, 4.69) is 15.3 Å². The van der Waals surface area contributed by atoms with Gasteiger partial charge in [0, 0.05) is 0 Å². The van der Waals surface area contributed by atoms with Crippen LogP contribution in [0.2, 0.25) is 0 Å². The smallest absolute Gasteiger partial charge is 0.205 e. The Kier molecular flexibility index (Phi) is 2.57. The Hall–Kier alpha value is -3.01. The topological polar surface area (TPSA) is 92.9 Å². The number of aromatic nitrogens is 4. The van der Waals surface area contributed by atoms with E-state index in [1.165, 1.54) is 16.6 Å². The summed E-state index contributed by atoms with van der Waals surface area (Å²) in [5.74, 6) is -0.186. The van der Waals surface area contributed by atoms with Gasteiger partial charge < -0.3 is 5.73 Å². The number of nitrogens with zero attached hydrogens (tertiary/aromatic N) is 5. The summed E-state index contributed by atoms with van der Waals surface area (Å²) >= 11 is 0. The number of aryl methyl sites for hydroxylation is 1. The van der Waals surface area contributed by atoms with Crippen LogP contribution in [0, 0.1) is 24.1 Å². The van der Waals surface area contributed by atoms with Crippen LogP contribution >= 0.6 is 0 Å². The van der Waals surface area contributed by atoms with Crippen molar-refractivity contribution < 1.29 is 4.39 Å². The molecule has 2 heterocycles. The van der Waals surface area contributed by atoms with Crippen LogP contribution < -0.4 is 5.73 Å². The van der Waals surface area contributed by atoms with E-state index < -0.39 is 0 Å². The molecule has 2 N–H and O–H groups in total. The third-order valence-electron chi connectivity index (χ3n) is 2.99. The van der Waals surface area contributed by atoms with Crippen LogP contribution in [0.5, 0.6) is 0 Å². The highest BCUT2D eigenvalue weighted by Gasteiger charge is 2.17. The van der Waals surface area contributed by atoms with Crippen molar-refractivity contribution in [1.29, 1.82) is 5.26 Å². The van der Waals surface area contributed by atoms with Gasteiger partial charge in [0.1, 0.15) is 11.9 Å². The number of hydrogen-bond donors (Lipinski definition) is 1. The lowest BCUT2D eigenvalue weighted by atomic mass is 10.1. The van der Waals surface area contributed by atoms with Crippen molar-refractivity contribution in [3.05, 3.63) is 41.5 Å². The molecule has 98 valence electrons. The Morgan fingerprint density at radius 2 is 1.95 bits per heavy atom. The van der Waals surface area contributed by atoms with Crippen LogP contribution in [0.25, 0.3) is 16.8 Å². The molecule has 0 amide bonds. The first-order valence-electron chi connectivity index (χ1n) is 5.79. The van der Waals surface area contributed by atoms with Crippen LogP contribution in [0.1, 0.15) is 11.4 Å². The Bertz CT molecular complexity index is 844. The number of nitriles is 1.